The summed E-state index contributed by atoms with van der Waals surface area (Å²) >= 11 is 1.51. The minimum absolute atomic E-state index is 0. The van der Waals surface area contributed by atoms with Crippen LogP contribution in [-0.2, 0) is 16.1 Å². The summed E-state index contributed by atoms with van der Waals surface area (Å²) in [6.07, 6.45) is 1.45. The van der Waals surface area contributed by atoms with E-state index in [-0.39, 0.29) is 30.4 Å². The van der Waals surface area contributed by atoms with Crippen LogP contribution in [0.15, 0.2) is 23.3 Å². The second-order valence-electron chi connectivity index (χ2n) is 8.24. The van der Waals surface area contributed by atoms with Crippen LogP contribution in [0.25, 0.3) is 10.2 Å². The number of rotatable bonds is 6. The van der Waals surface area contributed by atoms with Crippen LogP contribution in [0.4, 0.5) is 5.13 Å². The van der Waals surface area contributed by atoms with Crippen molar-refractivity contribution in [2.24, 2.45) is 0 Å². The number of anilines is 1. The van der Waals surface area contributed by atoms with Gasteiger partial charge in [0, 0.05) is 37.4 Å². The summed E-state index contributed by atoms with van der Waals surface area (Å²) in [4.78, 5) is 39.1. The van der Waals surface area contributed by atoms with Crippen LogP contribution in [0.3, 0.4) is 0 Å². The Morgan fingerprint density at radius 2 is 1.88 bits per heavy atom. The molecule has 1 aliphatic rings. The quantitative estimate of drug-likeness (QED) is 0.527. The Morgan fingerprint density at radius 3 is 2.61 bits per heavy atom. The van der Waals surface area contributed by atoms with Crippen LogP contribution in [0.5, 0.6) is 0 Å². The Bertz CT molecular complexity index is 1200. The molecule has 0 aliphatic carbocycles. The number of ether oxygens (including phenoxy) is 1. The lowest BCUT2D eigenvalue weighted by molar-refractivity contribution is -0.119. The van der Waals surface area contributed by atoms with Gasteiger partial charge in [0.15, 0.2) is 5.13 Å². The molecule has 3 aromatic rings. The lowest BCUT2D eigenvalue weighted by Crippen LogP contribution is -2.44. The van der Waals surface area contributed by atoms with Gasteiger partial charge in [-0.1, -0.05) is 17.4 Å². The second-order valence-corrected chi connectivity index (χ2v) is 9.25. The highest BCUT2D eigenvalue weighted by Crippen LogP contribution is 2.32. The molecule has 0 unspecified atom stereocenters. The fraction of sp³-hybridized carbons (Fsp3) is 0.478. The molecule has 0 spiro atoms. The number of morpholine rings is 1. The zero-order valence-corrected chi connectivity index (χ0v) is 21.1. The highest BCUT2D eigenvalue weighted by Gasteiger charge is 2.23. The molecule has 4 rings (SSSR count). The average Bonchev–Trinajstić information content (AvgIpc) is 3.22. The van der Waals surface area contributed by atoms with Gasteiger partial charge >= 0.3 is 0 Å². The van der Waals surface area contributed by atoms with Crippen molar-refractivity contribution in [2.75, 3.05) is 44.3 Å². The van der Waals surface area contributed by atoms with Crippen LogP contribution in [0.1, 0.15) is 22.4 Å². The molecular weight excluding hydrogens is 462 g/mol. The molecule has 1 saturated heterocycles. The van der Waals surface area contributed by atoms with Gasteiger partial charge in [-0.3, -0.25) is 24.0 Å². The fourth-order valence-corrected chi connectivity index (χ4v) is 4.81. The summed E-state index contributed by atoms with van der Waals surface area (Å²) in [7, 11) is 0. The Labute approximate surface area is 203 Å². The maximum absolute atomic E-state index is 13.4. The van der Waals surface area contributed by atoms with E-state index in [0.29, 0.717) is 36.1 Å². The molecule has 1 aromatic carbocycles. The van der Waals surface area contributed by atoms with Crippen LogP contribution >= 0.6 is 23.7 Å². The van der Waals surface area contributed by atoms with Gasteiger partial charge in [-0.2, -0.15) is 0 Å². The number of amides is 1. The van der Waals surface area contributed by atoms with Crippen molar-refractivity contribution in [3.8, 4) is 0 Å². The van der Waals surface area contributed by atoms with Gasteiger partial charge in [-0.25, -0.2) is 9.97 Å². The van der Waals surface area contributed by atoms with E-state index in [9.17, 15) is 9.59 Å². The van der Waals surface area contributed by atoms with Crippen LogP contribution < -0.4 is 10.5 Å². The molecule has 10 heteroatoms. The molecule has 1 amide bonds. The van der Waals surface area contributed by atoms with Crippen molar-refractivity contribution in [1.29, 1.82) is 0 Å². The third-order valence-electron chi connectivity index (χ3n) is 6.17. The summed E-state index contributed by atoms with van der Waals surface area (Å²) in [6.45, 7) is 11.9. The number of aromatic nitrogens is 3. The van der Waals surface area contributed by atoms with Crippen molar-refractivity contribution < 1.29 is 9.53 Å². The molecule has 0 saturated carbocycles. The number of carbonyl (C=O) groups excluding carboxylic acids is 1. The van der Waals surface area contributed by atoms with Crippen molar-refractivity contribution in [1.82, 2.24) is 19.4 Å². The summed E-state index contributed by atoms with van der Waals surface area (Å²) in [5.74, 6) is -0.168. The van der Waals surface area contributed by atoms with Gasteiger partial charge < -0.3 is 4.74 Å². The molecule has 1 aliphatic heterocycles. The third-order valence-corrected chi connectivity index (χ3v) is 7.21. The summed E-state index contributed by atoms with van der Waals surface area (Å²) in [5.41, 5.74) is 4.29. The number of hydrogen-bond acceptors (Lipinski definition) is 7. The van der Waals surface area contributed by atoms with Crippen molar-refractivity contribution >= 4 is 45.0 Å². The van der Waals surface area contributed by atoms with Crippen molar-refractivity contribution in [2.45, 2.75) is 34.2 Å². The number of aryl methyl sites for hydroxylation is 3. The first-order valence-corrected chi connectivity index (χ1v) is 11.7. The smallest absolute Gasteiger partial charge is 0.256 e. The maximum atomic E-state index is 13.4. The first-order chi connectivity index (χ1) is 15.3. The topological polar surface area (TPSA) is 80.6 Å². The number of nitrogens with zero attached hydrogens (tertiary/aromatic N) is 5. The van der Waals surface area contributed by atoms with E-state index < -0.39 is 0 Å². The van der Waals surface area contributed by atoms with E-state index in [1.807, 2.05) is 0 Å². The maximum Gasteiger partial charge on any atom is 0.256 e. The Morgan fingerprint density at radius 1 is 1.15 bits per heavy atom. The van der Waals surface area contributed by atoms with Crippen molar-refractivity contribution in [3.05, 3.63) is 51.2 Å². The van der Waals surface area contributed by atoms with Crippen LogP contribution in [0, 0.1) is 27.7 Å². The van der Waals surface area contributed by atoms with Crippen LogP contribution in [0.2, 0.25) is 0 Å². The predicted octanol–water partition coefficient (Wildman–Crippen LogP) is 2.87. The minimum Gasteiger partial charge on any atom is -0.379 e. The zero-order valence-electron chi connectivity index (χ0n) is 19.5. The number of halogens is 1. The van der Waals surface area contributed by atoms with Gasteiger partial charge in [-0.05, 0) is 44.9 Å². The first-order valence-electron chi connectivity index (χ1n) is 10.8. The number of carbonyl (C=O) groups is 1. The Kier molecular flexibility index (Phi) is 8.23. The highest BCUT2D eigenvalue weighted by atomic mass is 35.5. The minimum atomic E-state index is -0.185. The second kappa shape index (κ2) is 10.7. The van der Waals surface area contributed by atoms with Gasteiger partial charge in [-0.15, -0.1) is 12.4 Å². The molecule has 2 aromatic heterocycles. The molecule has 8 nitrogen and oxygen atoms in total. The van der Waals surface area contributed by atoms with E-state index in [0.717, 1.165) is 35.4 Å². The first kappa shape index (κ1) is 25.3. The zero-order chi connectivity index (χ0) is 22.8. The lowest BCUT2D eigenvalue weighted by atomic mass is 10.1. The molecule has 0 bridgehead atoms. The molecule has 0 atom stereocenters. The predicted molar refractivity (Wildman–Crippen MR) is 134 cm³/mol. The Hall–Kier alpha value is -2.33. The summed E-state index contributed by atoms with van der Waals surface area (Å²) < 4.78 is 7.88. The SMILES string of the molecule is Cc1ccc2sc(N(CCN3CCOCC3)C(=O)Cn3cnc(C)c(C)c3=O)nc2c1C.Cl. The molecular formula is C23H30ClN5O3S. The molecule has 0 N–H and O–H groups in total. The summed E-state index contributed by atoms with van der Waals surface area (Å²) in [5, 5.41) is 0.664. The molecule has 33 heavy (non-hydrogen) atoms. The van der Waals surface area contributed by atoms with E-state index in [1.54, 1.807) is 18.7 Å². The number of fused-ring (bicyclic) bond motifs is 1. The molecule has 178 valence electrons. The number of hydrogen-bond donors (Lipinski definition) is 0. The van der Waals surface area contributed by atoms with Gasteiger partial charge in [0.05, 0.1) is 29.8 Å². The van der Waals surface area contributed by atoms with E-state index >= 15 is 0 Å². The third kappa shape index (κ3) is 5.43. The van der Waals surface area contributed by atoms with Crippen LogP contribution in [-0.4, -0.2) is 64.7 Å². The standard InChI is InChI=1S/C23H29N5O3S.ClH/c1-15-5-6-19-21(16(15)2)25-23(32-19)28(8-7-26-9-11-31-12-10-26)20(29)13-27-14-24-18(4)17(3)22(27)30;/h5-6,14H,7-13H2,1-4H3;1H. The summed E-state index contributed by atoms with van der Waals surface area (Å²) in [6, 6.07) is 4.14. The number of benzene rings is 1. The highest BCUT2D eigenvalue weighted by molar-refractivity contribution is 7.22. The lowest BCUT2D eigenvalue weighted by Gasteiger charge is -2.29. The monoisotopic (exact) mass is 491 g/mol. The van der Waals surface area contributed by atoms with Gasteiger partial charge in [0.25, 0.3) is 5.56 Å². The number of thiazole rings is 1. The largest absolute Gasteiger partial charge is 0.379 e. The van der Waals surface area contributed by atoms with Gasteiger partial charge in [0.2, 0.25) is 5.91 Å². The molecule has 0 radical (unpaired) electrons. The van der Waals surface area contributed by atoms with E-state index in [1.165, 1.54) is 27.8 Å². The molecule has 1 fully saturated rings. The van der Waals surface area contributed by atoms with Crippen molar-refractivity contribution in [3.63, 3.8) is 0 Å². The van der Waals surface area contributed by atoms with E-state index in [4.69, 9.17) is 9.72 Å². The van der Waals surface area contributed by atoms with Gasteiger partial charge in [0.1, 0.15) is 6.54 Å². The Balaban J connectivity index is 0.00000306. The van der Waals surface area contributed by atoms with E-state index in [2.05, 4.69) is 35.9 Å². The average molecular weight is 492 g/mol. The fourth-order valence-electron chi connectivity index (χ4n) is 3.74. The molecule has 3 heterocycles. The normalized spacial score (nSPS) is 14.3.